The van der Waals surface area contributed by atoms with Gasteiger partial charge in [-0.2, -0.15) is 0 Å². The lowest BCUT2D eigenvalue weighted by atomic mass is 10.4. The van der Waals surface area contributed by atoms with Gasteiger partial charge in [0.25, 0.3) is 0 Å². The molecule has 0 unspecified atom stereocenters. The number of sulfonamides is 1. The number of anilines is 2. The lowest BCUT2D eigenvalue weighted by Gasteiger charge is -2.06. The number of carbonyl (C=O) groups excluding carboxylic acids is 1. The van der Waals surface area contributed by atoms with Crippen LogP contribution in [0.3, 0.4) is 0 Å². The number of nitrogens with one attached hydrogen (secondary N) is 1. The molecule has 0 radical (unpaired) electrons. The van der Waals surface area contributed by atoms with Crippen LogP contribution in [-0.2, 0) is 19.6 Å². The van der Waals surface area contributed by atoms with Gasteiger partial charge >= 0.3 is 5.97 Å². The second kappa shape index (κ2) is 4.79. The van der Waals surface area contributed by atoms with E-state index in [1.165, 1.54) is 18.3 Å². The lowest BCUT2D eigenvalue weighted by Crippen LogP contribution is -2.23. The molecule has 88 valence electrons. The quantitative estimate of drug-likeness (QED) is 0.697. The van der Waals surface area contributed by atoms with Crippen LogP contribution in [0.1, 0.15) is 0 Å². The molecule has 0 aliphatic heterocycles. The van der Waals surface area contributed by atoms with E-state index in [-0.39, 0.29) is 11.5 Å². The van der Waals surface area contributed by atoms with Crippen molar-refractivity contribution < 1.29 is 17.9 Å². The van der Waals surface area contributed by atoms with E-state index in [2.05, 4.69) is 14.4 Å². The van der Waals surface area contributed by atoms with Gasteiger partial charge in [-0.3, -0.25) is 9.52 Å². The molecule has 0 aliphatic carbocycles. The van der Waals surface area contributed by atoms with Crippen LogP contribution in [0.2, 0.25) is 0 Å². The van der Waals surface area contributed by atoms with Gasteiger partial charge in [-0.25, -0.2) is 13.4 Å². The molecule has 0 saturated carbocycles. The Bertz CT molecular complexity index is 469. The SMILES string of the molecule is COC(=O)CS(=O)(=O)Nc1ccc(N)nc1. The molecule has 0 saturated heterocycles. The molecular formula is C8H11N3O4S. The van der Waals surface area contributed by atoms with Gasteiger partial charge in [0.1, 0.15) is 5.82 Å². The first kappa shape index (κ1) is 12.2. The molecule has 1 aromatic heterocycles. The van der Waals surface area contributed by atoms with E-state index in [1.54, 1.807) is 0 Å². The van der Waals surface area contributed by atoms with E-state index < -0.39 is 21.7 Å². The topological polar surface area (TPSA) is 111 Å². The minimum Gasteiger partial charge on any atom is -0.468 e. The van der Waals surface area contributed by atoms with Gasteiger partial charge in [0.05, 0.1) is 19.0 Å². The fourth-order valence-electron chi connectivity index (χ4n) is 0.895. The molecule has 16 heavy (non-hydrogen) atoms. The summed E-state index contributed by atoms with van der Waals surface area (Å²) in [6.45, 7) is 0. The number of methoxy groups -OCH3 is 1. The zero-order chi connectivity index (χ0) is 12.2. The smallest absolute Gasteiger partial charge is 0.322 e. The summed E-state index contributed by atoms with van der Waals surface area (Å²) < 4.78 is 29.2. The van der Waals surface area contributed by atoms with Gasteiger partial charge in [-0.15, -0.1) is 0 Å². The first-order valence-electron chi connectivity index (χ1n) is 4.22. The van der Waals surface area contributed by atoms with Gasteiger partial charge in [0, 0.05) is 0 Å². The van der Waals surface area contributed by atoms with Crippen molar-refractivity contribution in [1.29, 1.82) is 0 Å². The molecule has 7 nitrogen and oxygen atoms in total. The van der Waals surface area contributed by atoms with Crippen molar-refractivity contribution in [2.75, 3.05) is 23.3 Å². The Morgan fingerprint density at radius 1 is 1.56 bits per heavy atom. The number of nitrogens with zero attached hydrogens (tertiary/aromatic N) is 1. The van der Waals surface area contributed by atoms with E-state index in [1.807, 2.05) is 0 Å². The van der Waals surface area contributed by atoms with Gasteiger partial charge in [0.15, 0.2) is 5.75 Å². The van der Waals surface area contributed by atoms with Crippen LogP contribution >= 0.6 is 0 Å². The molecule has 0 fully saturated rings. The molecular weight excluding hydrogens is 234 g/mol. The standard InChI is InChI=1S/C8H11N3O4S/c1-15-8(12)5-16(13,14)11-6-2-3-7(9)10-4-6/h2-4,11H,5H2,1H3,(H2,9,10). The summed E-state index contributed by atoms with van der Waals surface area (Å²) >= 11 is 0. The average molecular weight is 245 g/mol. The van der Waals surface area contributed by atoms with Gasteiger partial charge < -0.3 is 10.5 Å². The number of nitrogen functional groups attached to an aromatic ring is 1. The third-order valence-electron chi connectivity index (χ3n) is 1.60. The number of rotatable bonds is 4. The largest absolute Gasteiger partial charge is 0.468 e. The molecule has 1 rings (SSSR count). The monoisotopic (exact) mass is 245 g/mol. The molecule has 8 heteroatoms. The molecule has 0 bridgehead atoms. The van der Waals surface area contributed by atoms with Crippen molar-refractivity contribution in [2.24, 2.45) is 0 Å². The maximum absolute atomic E-state index is 11.4. The van der Waals surface area contributed by atoms with Crippen molar-refractivity contribution in [2.45, 2.75) is 0 Å². The first-order chi connectivity index (χ1) is 7.43. The Morgan fingerprint density at radius 3 is 2.75 bits per heavy atom. The normalized spacial score (nSPS) is 10.8. The molecule has 0 amide bonds. The minimum absolute atomic E-state index is 0.234. The summed E-state index contributed by atoms with van der Waals surface area (Å²) in [4.78, 5) is 14.5. The van der Waals surface area contributed by atoms with Gasteiger partial charge in [-0.1, -0.05) is 0 Å². The van der Waals surface area contributed by atoms with Crippen LogP contribution < -0.4 is 10.5 Å². The second-order valence-electron chi connectivity index (χ2n) is 2.91. The predicted octanol–water partition coefficient (Wildman–Crippen LogP) is -0.421. The number of nitrogens with two attached hydrogens (primary N) is 1. The third kappa shape index (κ3) is 3.73. The first-order valence-corrected chi connectivity index (χ1v) is 5.87. The van der Waals surface area contributed by atoms with E-state index in [0.717, 1.165) is 7.11 Å². The molecule has 0 spiro atoms. The highest BCUT2D eigenvalue weighted by molar-refractivity contribution is 7.93. The van der Waals surface area contributed by atoms with E-state index >= 15 is 0 Å². The number of hydrogen-bond acceptors (Lipinski definition) is 6. The number of esters is 1. The number of ether oxygens (including phenoxy) is 1. The van der Waals surface area contributed by atoms with Crippen molar-refractivity contribution in [3.8, 4) is 0 Å². The van der Waals surface area contributed by atoms with E-state index in [0.29, 0.717) is 0 Å². The highest BCUT2D eigenvalue weighted by Gasteiger charge is 2.16. The fraction of sp³-hybridized carbons (Fsp3) is 0.250. The zero-order valence-corrected chi connectivity index (χ0v) is 9.32. The summed E-state index contributed by atoms with van der Waals surface area (Å²) in [5, 5.41) is 0. The molecule has 0 atom stereocenters. The molecule has 0 aromatic carbocycles. The molecule has 1 heterocycles. The Hall–Kier alpha value is -1.83. The van der Waals surface area contributed by atoms with Crippen molar-refractivity contribution in [3.05, 3.63) is 18.3 Å². The molecule has 1 aromatic rings. The Balaban J connectivity index is 2.73. The minimum atomic E-state index is -3.76. The van der Waals surface area contributed by atoms with Crippen molar-refractivity contribution in [3.63, 3.8) is 0 Å². The maximum Gasteiger partial charge on any atom is 0.322 e. The third-order valence-corrected chi connectivity index (χ3v) is 2.76. The van der Waals surface area contributed by atoms with E-state index in [4.69, 9.17) is 5.73 Å². The summed E-state index contributed by atoms with van der Waals surface area (Å²) in [7, 11) is -2.65. The summed E-state index contributed by atoms with van der Waals surface area (Å²) in [6, 6.07) is 2.88. The van der Waals surface area contributed by atoms with Crippen LogP contribution in [0.15, 0.2) is 18.3 Å². The Morgan fingerprint density at radius 2 is 2.25 bits per heavy atom. The highest BCUT2D eigenvalue weighted by atomic mass is 32.2. The summed E-state index contributed by atoms with van der Waals surface area (Å²) in [5.41, 5.74) is 5.56. The highest BCUT2D eigenvalue weighted by Crippen LogP contribution is 2.09. The molecule has 0 aliphatic rings. The number of carbonyl (C=O) groups is 1. The van der Waals surface area contributed by atoms with Crippen LogP contribution in [0.4, 0.5) is 11.5 Å². The number of hydrogen-bond donors (Lipinski definition) is 2. The maximum atomic E-state index is 11.4. The Kier molecular flexibility index (Phi) is 3.67. The van der Waals surface area contributed by atoms with Crippen molar-refractivity contribution in [1.82, 2.24) is 4.98 Å². The van der Waals surface area contributed by atoms with Gasteiger partial charge in [0.2, 0.25) is 10.0 Å². The lowest BCUT2D eigenvalue weighted by molar-refractivity contribution is -0.137. The van der Waals surface area contributed by atoms with Crippen LogP contribution in [-0.4, -0.2) is 32.2 Å². The number of aromatic nitrogens is 1. The van der Waals surface area contributed by atoms with Gasteiger partial charge in [-0.05, 0) is 12.1 Å². The van der Waals surface area contributed by atoms with Crippen LogP contribution in [0.5, 0.6) is 0 Å². The second-order valence-corrected chi connectivity index (χ2v) is 4.63. The van der Waals surface area contributed by atoms with Crippen LogP contribution in [0, 0.1) is 0 Å². The molecule has 3 N–H and O–H groups in total. The van der Waals surface area contributed by atoms with Crippen LogP contribution in [0.25, 0.3) is 0 Å². The van der Waals surface area contributed by atoms with Crippen molar-refractivity contribution >= 4 is 27.5 Å². The zero-order valence-electron chi connectivity index (χ0n) is 8.50. The average Bonchev–Trinajstić information content (AvgIpc) is 2.20. The fourth-order valence-corrected chi connectivity index (χ4v) is 1.88. The summed E-state index contributed by atoms with van der Waals surface area (Å²) in [5.74, 6) is -1.31. The van der Waals surface area contributed by atoms with E-state index in [9.17, 15) is 13.2 Å². The summed E-state index contributed by atoms with van der Waals surface area (Å²) in [6.07, 6.45) is 1.25. The Labute approximate surface area is 92.7 Å². The number of pyridine rings is 1. The predicted molar refractivity (Wildman–Crippen MR) is 58.1 cm³/mol.